The van der Waals surface area contributed by atoms with Gasteiger partial charge in [0.05, 0.1) is 5.70 Å². The molecule has 16 heavy (non-hydrogen) atoms. The molecule has 1 aromatic rings. The Morgan fingerprint density at radius 3 is 2.81 bits per heavy atom. The van der Waals surface area contributed by atoms with E-state index in [0.717, 1.165) is 23.7 Å². The summed E-state index contributed by atoms with van der Waals surface area (Å²) in [6.07, 6.45) is 5.54. The highest BCUT2D eigenvalue weighted by Gasteiger charge is 2.07. The van der Waals surface area contributed by atoms with E-state index in [-0.39, 0.29) is 0 Å². The van der Waals surface area contributed by atoms with E-state index in [9.17, 15) is 0 Å². The Balaban J connectivity index is 2.11. The van der Waals surface area contributed by atoms with Crippen molar-refractivity contribution in [2.75, 3.05) is 6.54 Å². The van der Waals surface area contributed by atoms with Crippen LogP contribution in [0.15, 0.2) is 35.9 Å². The first-order valence-electron chi connectivity index (χ1n) is 5.78. The fourth-order valence-electron chi connectivity index (χ4n) is 1.89. The fourth-order valence-corrected chi connectivity index (χ4v) is 1.89. The van der Waals surface area contributed by atoms with Gasteiger partial charge in [0.15, 0.2) is 0 Å². The van der Waals surface area contributed by atoms with Crippen molar-refractivity contribution >= 4 is 5.70 Å². The molecule has 0 aliphatic carbocycles. The average Bonchev–Trinajstić information content (AvgIpc) is 2.30. The Bertz CT molecular complexity index is 399. The van der Waals surface area contributed by atoms with E-state index in [4.69, 9.17) is 0 Å². The molecule has 1 aliphatic heterocycles. The largest absolute Gasteiger partial charge is 0.380 e. The summed E-state index contributed by atoms with van der Waals surface area (Å²) in [5.74, 6) is 0.722. The highest BCUT2D eigenvalue weighted by molar-refractivity contribution is 5.66. The standard InChI is InChI=1S/C15H17N/c1-12(2)10-13-8-9-15(16-11-13)14-6-4-3-5-7-14/h3-4,6,8-9,12,16H,10-11H2,1-2H3. The summed E-state index contributed by atoms with van der Waals surface area (Å²) in [5, 5.41) is 3.43. The third-order valence-electron chi connectivity index (χ3n) is 2.60. The molecule has 0 amide bonds. The lowest BCUT2D eigenvalue weighted by Gasteiger charge is -2.17. The van der Waals surface area contributed by atoms with Crippen LogP contribution in [0.3, 0.4) is 0 Å². The number of allylic oxidation sites excluding steroid dienone is 2. The predicted octanol–water partition coefficient (Wildman–Crippen LogP) is 3.20. The molecule has 0 spiro atoms. The second-order valence-electron chi connectivity index (χ2n) is 4.57. The van der Waals surface area contributed by atoms with E-state index in [0.29, 0.717) is 0 Å². The summed E-state index contributed by atoms with van der Waals surface area (Å²) >= 11 is 0. The third-order valence-corrected chi connectivity index (χ3v) is 2.60. The molecular weight excluding hydrogens is 194 g/mol. The number of hydrogen-bond donors (Lipinski definition) is 1. The summed E-state index contributed by atoms with van der Waals surface area (Å²) in [7, 11) is 0. The van der Waals surface area contributed by atoms with Crippen LogP contribution in [0.4, 0.5) is 0 Å². The summed E-state index contributed by atoms with van der Waals surface area (Å²) in [6, 6.07) is 12.0. The van der Waals surface area contributed by atoms with Crippen LogP contribution >= 0.6 is 0 Å². The minimum Gasteiger partial charge on any atom is -0.380 e. The highest BCUT2D eigenvalue weighted by Crippen LogP contribution is 2.17. The molecule has 2 rings (SSSR count). The van der Waals surface area contributed by atoms with Crippen molar-refractivity contribution in [2.24, 2.45) is 5.92 Å². The first kappa shape index (κ1) is 10.8. The zero-order valence-corrected chi connectivity index (χ0v) is 9.88. The van der Waals surface area contributed by atoms with E-state index < -0.39 is 0 Å². The van der Waals surface area contributed by atoms with Gasteiger partial charge >= 0.3 is 0 Å². The van der Waals surface area contributed by atoms with Crippen molar-refractivity contribution in [3.05, 3.63) is 53.6 Å². The lowest BCUT2D eigenvalue weighted by molar-refractivity contribution is 0.627. The number of nitrogens with one attached hydrogen (secondary N) is 1. The first-order chi connectivity index (χ1) is 7.75. The van der Waals surface area contributed by atoms with Crippen molar-refractivity contribution in [2.45, 2.75) is 20.3 Å². The quantitative estimate of drug-likeness (QED) is 0.809. The molecular formula is C15H17N. The third kappa shape index (κ3) is 2.67. The normalized spacial score (nSPS) is 14.9. The van der Waals surface area contributed by atoms with Crippen LogP contribution in [0.5, 0.6) is 0 Å². The molecule has 0 saturated carbocycles. The maximum Gasteiger partial charge on any atom is 0.0501 e. The number of hydrogen-bond acceptors (Lipinski definition) is 1. The van der Waals surface area contributed by atoms with Gasteiger partial charge in [-0.3, -0.25) is 0 Å². The Hall–Kier alpha value is -1.68. The molecule has 0 saturated heterocycles. The van der Waals surface area contributed by atoms with Crippen molar-refractivity contribution in [1.82, 2.24) is 5.32 Å². The van der Waals surface area contributed by atoms with Gasteiger partial charge in [-0.2, -0.15) is 0 Å². The van der Waals surface area contributed by atoms with Crippen LogP contribution in [0.2, 0.25) is 0 Å². The van der Waals surface area contributed by atoms with Gasteiger partial charge < -0.3 is 5.32 Å². The van der Waals surface area contributed by atoms with E-state index >= 15 is 0 Å². The van der Waals surface area contributed by atoms with Crippen molar-refractivity contribution in [1.29, 1.82) is 0 Å². The summed E-state index contributed by atoms with van der Waals surface area (Å²) in [6.45, 7) is 5.45. The van der Waals surface area contributed by atoms with Crippen LogP contribution in [-0.2, 0) is 0 Å². The maximum atomic E-state index is 3.43. The second kappa shape index (κ2) is 4.90. The maximum absolute atomic E-state index is 3.43. The zero-order valence-electron chi connectivity index (χ0n) is 9.88. The van der Waals surface area contributed by atoms with Crippen molar-refractivity contribution in [3.8, 4) is 0 Å². The zero-order chi connectivity index (χ0) is 11.4. The van der Waals surface area contributed by atoms with E-state index in [1.807, 2.05) is 12.1 Å². The molecule has 0 fully saturated rings. The smallest absolute Gasteiger partial charge is 0.0501 e. The molecule has 1 heteroatoms. The molecule has 0 radical (unpaired) electrons. The van der Waals surface area contributed by atoms with Crippen LogP contribution < -0.4 is 5.32 Å². The molecule has 0 unspecified atom stereocenters. The average molecular weight is 211 g/mol. The highest BCUT2D eigenvalue weighted by atomic mass is 14.9. The van der Waals surface area contributed by atoms with Gasteiger partial charge in [-0.15, -0.1) is 0 Å². The SMILES string of the molecule is CC(C)CC1=CC=C(c2c#cccc2)NC1. The molecule has 0 bridgehead atoms. The van der Waals surface area contributed by atoms with Gasteiger partial charge in [0, 0.05) is 12.1 Å². The summed E-state index contributed by atoms with van der Waals surface area (Å²) < 4.78 is 0. The van der Waals surface area contributed by atoms with Gasteiger partial charge in [-0.1, -0.05) is 43.7 Å². The van der Waals surface area contributed by atoms with Crippen LogP contribution in [0.25, 0.3) is 5.70 Å². The monoisotopic (exact) mass is 211 g/mol. The van der Waals surface area contributed by atoms with Gasteiger partial charge in [0.25, 0.3) is 0 Å². The Labute approximate surface area is 97.9 Å². The lowest BCUT2D eigenvalue weighted by atomic mass is 10.00. The van der Waals surface area contributed by atoms with Crippen molar-refractivity contribution < 1.29 is 0 Å². The predicted molar refractivity (Wildman–Crippen MR) is 67.6 cm³/mol. The minimum atomic E-state index is 0.722. The Morgan fingerprint density at radius 1 is 1.38 bits per heavy atom. The molecule has 1 aliphatic rings. The van der Waals surface area contributed by atoms with Crippen LogP contribution in [0, 0.1) is 18.1 Å². The molecule has 0 aromatic heterocycles. The second-order valence-corrected chi connectivity index (χ2v) is 4.57. The number of dihydropyridines is 1. The van der Waals surface area contributed by atoms with Gasteiger partial charge in [0.2, 0.25) is 0 Å². The fraction of sp³-hybridized carbons (Fsp3) is 0.333. The Morgan fingerprint density at radius 2 is 2.25 bits per heavy atom. The molecule has 1 aromatic carbocycles. The van der Waals surface area contributed by atoms with E-state index in [1.54, 1.807) is 0 Å². The lowest BCUT2D eigenvalue weighted by Crippen LogP contribution is -2.19. The molecule has 1 N–H and O–H groups in total. The van der Waals surface area contributed by atoms with E-state index in [1.165, 1.54) is 12.0 Å². The van der Waals surface area contributed by atoms with Gasteiger partial charge in [-0.05, 0) is 30.5 Å². The van der Waals surface area contributed by atoms with E-state index in [2.05, 4.69) is 49.5 Å². The van der Waals surface area contributed by atoms with Crippen LogP contribution in [-0.4, -0.2) is 6.54 Å². The summed E-state index contributed by atoms with van der Waals surface area (Å²) in [4.78, 5) is 0. The first-order valence-corrected chi connectivity index (χ1v) is 5.78. The molecule has 82 valence electrons. The minimum absolute atomic E-state index is 0.722. The number of rotatable bonds is 3. The molecule has 1 heterocycles. The molecule has 1 nitrogen and oxygen atoms in total. The van der Waals surface area contributed by atoms with Crippen molar-refractivity contribution in [3.63, 3.8) is 0 Å². The van der Waals surface area contributed by atoms with Gasteiger partial charge in [0.1, 0.15) is 0 Å². The summed E-state index contributed by atoms with van der Waals surface area (Å²) in [5.41, 5.74) is 3.70. The van der Waals surface area contributed by atoms with Crippen LogP contribution in [0.1, 0.15) is 25.8 Å². The molecule has 0 atom stereocenters. The van der Waals surface area contributed by atoms with Gasteiger partial charge in [-0.25, -0.2) is 0 Å². The topological polar surface area (TPSA) is 12.0 Å². The Kier molecular flexibility index (Phi) is 3.31.